The van der Waals surface area contributed by atoms with Gasteiger partial charge in [0.25, 0.3) is 0 Å². The Morgan fingerprint density at radius 2 is 0.785 bits per heavy atom. The van der Waals surface area contributed by atoms with Gasteiger partial charge in [0.1, 0.15) is 56.3 Å². The average molecular weight is 1340 g/mol. The molecule has 36 nitrogen and oxygen atoms in total. The van der Waals surface area contributed by atoms with Gasteiger partial charge < -0.3 is 98.0 Å². The van der Waals surface area contributed by atoms with Crippen LogP contribution in [0.5, 0.6) is 0 Å². The Hall–Kier alpha value is -7.29. The maximum Gasteiger partial charge on any atom is 0.303 e. The number of nitrogens with zero attached hydrogens (tertiary/aromatic N) is 1. The molecule has 0 aromatic heterocycles. The summed E-state index contributed by atoms with van der Waals surface area (Å²) in [5.74, 6) is -9.05. The number of hydrogen-bond donors (Lipinski definition) is 7. The van der Waals surface area contributed by atoms with Crippen LogP contribution in [0, 0.1) is 0 Å². The number of amides is 4. The number of ether oxygens (including phenoxy) is 14. The highest BCUT2D eigenvalue weighted by Gasteiger charge is 2.55. The summed E-state index contributed by atoms with van der Waals surface area (Å²) in [6.45, 7) is 13.3. The molecule has 3 aliphatic rings. The van der Waals surface area contributed by atoms with Crippen LogP contribution in [-0.4, -0.2) is 252 Å². The van der Waals surface area contributed by atoms with Gasteiger partial charge >= 0.3 is 53.7 Å². The van der Waals surface area contributed by atoms with Gasteiger partial charge in [0.15, 0.2) is 49.2 Å². The van der Waals surface area contributed by atoms with E-state index in [1.54, 1.807) is 0 Å². The molecule has 93 heavy (non-hydrogen) atoms. The Balaban J connectivity index is 1.72. The summed E-state index contributed by atoms with van der Waals surface area (Å²) in [7, 11) is 0. The molecule has 0 aromatic rings. The van der Waals surface area contributed by atoms with Crippen molar-refractivity contribution in [3.8, 4) is 0 Å². The van der Waals surface area contributed by atoms with E-state index in [2.05, 4.69) is 31.9 Å². The summed E-state index contributed by atoms with van der Waals surface area (Å²) in [4.78, 5) is 166. The van der Waals surface area contributed by atoms with Crippen molar-refractivity contribution in [1.82, 2.24) is 37.0 Å². The van der Waals surface area contributed by atoms with E-state index in [4.69, 9.17) is 71.2 Å². The first-order chi connectivity index (χ1) is 43.8. The van der Waals surface area contributed by atoms with E-state index in [1.807, 2.05) is 0 Å². The van der Waals surface area contributed by atoms with Crippen molar-refractivity contribution in [2.45, 2.75) is 220 Å². The molecule has 0 spiro atoms. The number of unbranched alkanes of at least 4 members (excludes halogenated alkanes) is 1. The standard InChI is InChI=1S/C57H91N7O29/c1-29(65)61-45-51(86-38(10)74)48(83-35(7)71)41(26-80-32(4)68)89-54(45)79-25-14-13-18-44(77)59-22-17-24-64(93-56-47(63-31(3)67)53(88-40(12)76)50(85-37(9)73)43(91-56)28-82-34(6)70)23-16-20-58-19-15-21-60-57(78)92-55-46(62-30(2)66)52(87-39(11)75)49(84-36(8)72)42(90-55)27-81-33(5)69/h41-43,45-58,60,78H,13-28H2,1-12H3,(H,59,77)(H,61,65)(H,62,66)(H,63,67)/t41?,42?,43?,45?,46?,47?,48-,49-,50-,51?,52?,53?,54+,55-,56-,57?/m0/s1. The van der Waals surface area contributed by atoms with E-state index in [0.717, 1.165) is 69.2 Å². The third-order valence-electron chi connectivity index (χ3n) is 13.3. The first-order valence-electron chi connectivity index (χ1n) is 30.1. The minimum atomic E-state index is -1.75. The smallest absolute Gasteiger partial charge is 0.303 e. The summed E-state index contributed by atoms with van der Waals surface area (Å²) in [5, 5.41) is 29.1. The number of hydroxylamine groups is 2. The summed E-state index contributed by atoms with van der Waals surface area (Å²) in [6, 6.07) is -3.83. The van der Waals surface area contributed by atoms with Crippen molar-refractivity contribution < 1.29 is 139 Å². The zero-order valence-electron chi connectivity index (χ0n) is 54.4. The van der Waals surface area contributed by atoms with Crippen LogP contribution in [-0.2, 0) is 133 Å². The Morgan fingerprint density at radius 3 is 1.19 bits per heavy atom. The molecule has 0 aromatic carbocycles. The van der Waals surface area contributed by atoms with Crippen LogP contribution in [0.15, 0.2) is 0 Å². The molecular weight excluding hydrogens is 1250 g/mol. The predicted octanol–water partition coefficient (Wildman–Crippen LogP) is -2.87. The fourth-order valence-electron chi connectivity index (χ4n) is 9.86. The monoisotopic (exact) mass is 1340 g/mol. The molecule has 16 atom stereocenters. The van der Waals surface area contributed by atoms with Crippen LogP contribution in [0.2, 0.25) is 0 Å². The SMILES string of the molecule is CC(=O)NC1C(OC(C)=O)[C@@H](OC(C)=O)C(COC(C)=O)O[C@H]1OCCCCC(=O)NCCCN(CCCNCCCNC(O)O[C@@H]1OC(COC(C)=O)[C@H](OC(C)=O)C(OC(C)=O)C1NC(C)=O)O[C@@H]1OC(COC(C)=O)[C@H](OC(C)=O)C(OC(C)=O)C1NC(C)=O. The molecule has 528 valence electrons. The third-order valence-corrected chi connectivity index (χ3v) is 13.3. The van der Waals surface area contributed by atoms with Gasteiger partial charge in [-0.3, -0.25) is 72.5 Å². The number of nitrogens with one attached hydrogen (secondary N) is 6. The quantitative estimate of drug-likeness (QED) is 0.0107. The molecule has 0 aliphatic carbocycles. The lowest BCUT2D eigenvalue weighted by atomic mass is 9.96. The fraction of sp³-hybridized carbons (Fsp3) is 0.772. The maximum absolute atomic E-state index is 13.2. The summed E-state index contributed by atoms with van der Waals surface area (Å²) in [5.41, 5.74) is 0. The normalized spacial score (nSPS) is 26.1. The highest BCUT2D eigenvalue weighted by molar-refractivity contribution is 5.76. The van der Waals surface area contributed by atoms with Crippen molar-refractivity contribution in [1.29, 1.82) is 0 Å². The van der Waals surface area contributed by atoms with Crippen LogP contribution < -0.4 is 31.9 Å². The maximum atomic E-state index is 13.2. The fourth-order valence-corrected chi connectivity index (χ4v) is 9.86. The molecule has 4 amide bonds. The minimum Gasteiger partial charge on any atom is -0.463 e. The molecule has 10 unspecified atom stereocenters. The van der Waals surface area contributed by atoms with Crippen molar-refractivity contribution in [2.24, 2.45) is 0 Å². The third kappa shape index (κ3) is 30.6. The lowest BCUT2D eigenvalue weighted by Crippen LogP contribution is -2.67. The van der Waals surface area contributed by atoms with E-state index in [-0.39, 0.29) is 58.0 Å². The lowest BCUT2D eigenvalue weighted by Gasteiger charge is -2.45. The second-order valence-electron chi connectivity index (χ2n) is 21.6. The topological polar surface area (TPSA) is 456 Å². The molecule has 0 bridgehead atoms. The van der Waals surface area contributed by atoms with Crippen molar-refractivity contribution >= 4 is 77.4 Å². The van der Waals surface area contributed by atoms with Crippen LogP contribution in [0.1, 0.15) is 122 Å². The Bertz CT molecular complexity index is 2510. The average Bonchev–Trinajstić information content (AvgIpc) is 0.827. The Morgan fingerprint density at radius 1 is 0.419 bits per heavy atom. The number of carbonyl (C=O) groups excluding carboxylic acids is 13. The van der Waals surface area contributed by atoms with Crippen molar-refractivity contribution in [3.05, 3.63) is 0 Å². The first kappa shape index (κ1) is 79.9. The van der Waals surface area contributed by atoms with Gasteiger partial charge in [-0.05, 0) is 45.2 Å². The van der Waals surface area contributed by atoms with Crippen LogP contribution in [0.3, 0.4) is 0 Å². The largest absolute Gasteiger partial charge is 0.463 e. The summed E-state index contributed by atoms with van der Waals surface area (Å²) in [6.07, 6.45) is -16.4. The highest BCUT2D eigenvalue weighted by Crippen LogP contribution is 2.32. The molecule has 3 rings (SSSR count). The molecule has 7 N–H and O–H groups in total. The van der Waals surface area contributed by atoms with Crippen LogP contribution in [0.25, 0.3) is 0 Å². The molecular formula is C57H91N7O29. The van der Waals surface area contributed by atoms with E-state index in [0.29, 0.717) is 32.4 Å². The van der Waals surface area contributed by atoms with Crippen LogP contribution in [0.4, 0.5) is 0 Å². The van der Waals surface area contributed by atoms with Gasteiger partial charge in [-0.2, -0.15) is 5.06 Å². The molecule has 3 fully saturated rings. The molecule has 3 aliphatic heterocycles. The van der Waals surface area contributed by atoms with E-state index >= 15 is 0 Å². The zero-order valence-corrected chi connectivity index (χ0v) is 54.4. The van der Waals surface area contributed by atoms with Gasteiger partial charge in [-0.1, -0.05) is 0 Å². The second-order valence-corrected chi connectivity index (χ2v) is 21.6. The van der Waals surface area contributed by atoms with Gasteiger partial charge in [-0.25, -0.2) is 0 Å². The number of rotatable bonds is 38. The van der Waals surface area contributed by atoms with Gasteiger partial charge in [0.2, 0.25) is 36.3 Å². The van der Waals surface area contributed by atoms with Gasteiger partial charge in [-0.15, -0.1) is 0 Å². The second kappa shape index (κ2) is 41.4. The zero-order chi connectivity index (χ0) is 69.5. The number of aliphatic hydroxyl groups is 1. The first-order valence-corrected chi connectivity index (χ1v) is 30.1. The molecule has 3 saturated heterocycles. The summed E-state index contributed by atoms with van der Waals surface area (Å²) >= 11 is 0. The van der Waals surface area contributed by atoms with Gasteiger partial charge in [0.05, 0.1) is 0 Å². The Kier molecular flexibility index (Phi) is 35.6. The number of aliphatic hydroxyl groups excluding tert-OH is 1. The van der Waals surface area contributed by atoms with Gasteiger partial charge in [0, 0.05) is 122 Å². The predicted molar refractivity (Wildman–Crippen MR) is 309 cm³/mol. The Labute approximate surface area is 537 Å². The molecule has 0 radical (unpaired) electrons. The molecule has 3 heterocycles. The van der Waals surface area contributed by atoms with E-state index < -0.39 is 190 Å². The number of esters is 9. The van der Waals surface area contributed by atoms with Crippen molar-refractivity contribution in [2.75, 3.05) is 65.7 Å². The summed E-state index contributed by atoms with van der Waals surface area (Å²) < 4.78 is 78.3. The molecule has 36 heteroatoms. The van der Waals surface area contributed by atoms with E-state index in [1.165, 1.54) is 18.9 Å². The highest BCUT2D eigenvalue weighted by atomic mass is 16.8. The van der Waals surface area contributed by atoms with Crippen LogP contribution >= 0.6 is 0 Å². The molecule has 0 saturated carbocycles. The minimum absolute atomic E-state index is 0.0288. The lowest BCUT2D eigenvalue weighted by molar-refractivity contribution is -0.341. The van der Waals surface area contributed by atoms with E-state index in [9.17, 15) is 67.4 Å². The van der Waals surface area contributed by atoms with Crippen molar-refractivity contribution in [3.63, 3.8) is 0 Å². The number of hydrogen-bond acceptors (Lipinski definition) is 32. The number of carbonyl (C=O) groups is 13.